The number of nitrogens with zero attached hydrogens (tertiary/aromatic N) is 6. The van der Waals surface area contributed by atoms with E-state index in [1.54, 1.807) is 11.0 Å². The van der Waals surface area contributed by atoms with Crippen LogP contribution in [0.2, 0.25) is 0 Å². The highest BCUT2D eigenvalue weighted by Crippen LogP contribution is 2.40. The maximum atomic E-state index is 13.8. The van der Waals surface area contributed by atoms with E-state index in [4.69, 9.17) is 21.0 Å². The normalized spacial score (nSPS) is 23.1. The molecular formula is C29H33F3N6O3. The van der Waals surface area contributed by atoms with Crippen LogP contribution in [0.15, 0.2) is 36.9 Å². The Hall–Kier alpha value is -3.69. The molecule has 9 nitrogen and oxygen atoms in total. The summed E-state index contributed by atoms with van der Waals surface area (Å²) in [6, 6.07) is 5.46. The third-order valence-corrected chi connectivity index (χ3v) is 8.09. The molecule has 0 saturated carbocycles. The number of anilines is 1. The summed E-state index contributed by atoms with van der Waals surface area (Å²) >= 11 is 0. The number of benzene rings is 1. The lowest BCUT2D eigenvalue weighted by molar-refractivity contribution is -0.139. The Balaban J connectivity index is 1.47. The summed E-state index contributed by atoms with van der Waals surface area (Å²) in [5.41, 5.74) is 0.591. The molecule has 0 N–H and O–H groups in total. The smallest absolute Gasteiger partial charge is 0.416 e. The second-order valence-corrected chi connectivity index (χ2v) is 10.6. The number of alkyl halides is 3. The van der Waals surface area contributed by atoms with E-state index in [0.29, 0.717) is 43.3 Å². The molecule has 2 fully saturated rings. The summed E-state index contributed by atoms with van der Waals surface area (Å²) in [5.74, 6) is 0.329. The van der Waals surface area contributed by atoms with Crippen molar-refractivity contribution in [2.45, 2.75) is 50.2 Å². The summed E-state index contributed by atoms with van der Waals surface area (Å²) in [6.45, 7) is 13.7. The van der Waals surface area contributed by atoms with Crippen LogP contribution >= 0.6 is 0 Å². The highest BCUT2D eigenvalue weighted by molar-refractivity contribution is 5.87. The maximum Gasteiger partial charge on any atom is 0.416 e. The molecule has 0 bridgehead atoms. The third-order valence-electron chi connectivity index (χ3n) is 8.09. The van der Waals surface area contributed by atoms with Gasteiger partial charge in [-0.05, 0) is 44.1 Å². The van der Waals surface area contributed by atoms with E-state index in [0.717, 1.165) is 25.5 Å². The number of ether oxygens (including phenoxy) is 2. The van der Waals surface area contributed by atoms with Crippen LogP contribution in [-0.4, -0.2) is 84.1 Å². The molecule has 41 heavy (non-hydrogen) atoms. The first kappa shape index (κ1) is 28.8. The molecule has 3 atom stereocenters. The highest BCUT2D eigenvalue weighted by Gasteiger charge is 2.39. The van der Waals surface area contributed by atoms with Gasteiger partial charge in [0.15, 0.2) is 0 Å². The zero-order valence-corrected chi connectivity index (χ0v) is 22.9. The van der Waals surface area contributed by atoms with Crippen molar-refractivity contribution in [2.24, 2.45) is 0 Å². The largest absolute Gasteiger partial charge is 0.462 e. The SMILES string of the molecule is [C-]#[N+]C[C@H]1CN(c2nc(OC[C@@H]3CCCN3C)nc3c2CO[C@H](c2ccccc2C(F)(F)F)C3)CCN1C(=O)C=C. The average Bonchev–Trinajstić information content (AvgIpc) is 3.39. The number of amides is 1. The van der Waals surface area contributed by atoms with Crippen LogP contribution in [0.25, 0.3) is 4.85 Å². The number of rotatable bonds is 7. The van der Waals surface area contributed by atoms with E-state index in [9.17, 15) is 18.0 Å². The number of fused-ring (bicyclic) bond motifs is 1. The Morgan fingerprint density at radius 2 is 2.05 bits per heavy atom. The van der Waals surface area contributed by atoms with Gasteiger partial charge in [-0.15, -0.1) is 0 Å². The number of carbonyl (C=O) groups excluding carboxylic acids is 1. The Morgan fingerprint density at radius 1 is 1.24 bits per heavy atom. The lowest BCUT2D eigenvalue weighted by atomic mass is 9.95. The van der Waals surface area contributed by atoms with Crippen LogP contribution in [0.4, 0.5) is 19.0 Å². The number of likely N-dealkylation sites (N-methyl/N-ethyl adjacent to an activating group) is 1. The van der Waals surface area contributed by atoms with E-state index in [2.05, 4.69) is 21.3 Å². The summed E-state index contributed by atoms with van der Waals surface area (Å²) in [7, 11) is 2.04. The summed E-state index contributed by atoms with van der Waals surface area (Å²) in [5, 5.41) is 0. The molecule has 2 saturated heterocycles. The van der Waals surface area contributed by atoms with E-state index in [1.165, 1.54) is 18.2 Å². The zero-order valence-electron chi connectivity index (χ0n) is 22.9. The maximum absolute atomic E-state index is 13.8. The van der Waals surface area contributed by atoms with Crippen molar-refractivity contribution in [2.75, 3.05) is 51.3 Å². The van der Waals surface area contributed by atoms with Gasteiger partial charge < -0.3 is 29.0 Å². The van der Waals surface area contributed by atoms with Gasteiger partial charge in [0.05, 0.1) is 24.0 Å². The molecule has 12 heteroatoms. The van der Waals surface area contributed by atoms with Crippen molar-refractivity contribution >= 4 is 11.7 Å². The molecule has 218 valence electrons. The number of carbonyl (C=O) groups is 1. The van der Waals surface area contributed by atoms with Gasteiger partial charge in [-0.2, -0.15) is 23.1 Å². The molecule has 3 aliphatic heterocycles. The Labute approximate surface area is 237 Å². The lowest BCUT2D eigenvalue weighted by Crippen LogP contribution is -2.56. The van der Waals surface area contributed by atoms with Crippen LogP contribution in [0.1, 0.15) is 41.3 Å². The highest BCUT2D eigenvalue weighted by atomic mass is 19.4. The summed E-state index contributed by atoms with van der Waals surface area (Å²) in [6.07, 6.45) is -1.91. The number of piperazine rings is 1. The summed E-state index contributed by atoms with van der Waals surface area (Å²) < 4.78 is 53.5. The van der Waals surface area contributed by atoms with Crippen molar-refractivity contribution < 1.29 is 27.4 Å². The first-order chi connectivity index (χ1) is 19.7. The molecule has 3 aliphatic rings. The van der Waals surface area contributed by atoms with Crippen LogP contribution in [0.5, 0.6) is 6.01 Å². The van der Waals surface area contributed by atoms with Crippen molar-refractivity contribution in [3.05, 3.63) is 70.7 Å². The van der Waals surface area contributed by atoms with Gasteiger partial charge in [0.2, 0.25) is 12.5 Å². The molecule has 0 aliphatic carbocycles. The van der Waals surface area contributed by atoms with Gasteiger partial charge in [0.1, 0.15) is 18.5 Å². The molecule has 1 aromatic heterocycles. The van der Waals surface area contributed by atoms with Gasteiger partial charge in [0, 0.05) is 37.7 Å². The van der Waals surface area contributed by atoms with Crippen molar-refractivity contribution in [3.8, 4) is 6.01 Å². The standard InChI is InChI=1S/C29H33F3N6O3/c1-4-26(39)38-13-12-37(16-20(38)15-33-2)27-22-18-40-25(21-9-5-6-10-23(21)29(30,31)32)14-24(22)34-28(35-27)41-17-19-8-7-11-36(19)3/h4-6,9-10,19-20,25H,1,7-8,11-18H2,3H3/t19-,20-,25-/m0/s1. The molecule has 5 rings (SSSR count). The fraction of sp³-hybridized carbons (Fsp3) is 0.517. The third kappa shape index (κ3) is 6.16. The quantitative estimate of drug-likeness (QED) is 0.369. The fourth-order valence-electron chi connectivity index (χ4n) is 5.87. The van der Waals surface area contributed by atoms with Crippen LogP contribution in [0, 0.1) is 6.57 Å². The minimum Gasteiger partial charge on any atom is -0.462 e. The van der Waals surface area contributed by atoms with Crippen molar-refractivity contribution in [3.63, 3.8) is 0 Å². The fourth-order valence-corrected chi connectivity index (χ4v) is 5.87. The Morgan fingerprint density at radius 3 is 2.76 bits per heavy atom. The van der Waals surface area contributed by atoms with Crippen molar-refractivity contribution in [1.29, 1.82) is 0 Å². The van der Waals surface area contributed by atoms with E-state index in [-0.39, 0.29) is 49.1 Å². The predicted molar refractivity (Wildman–Crippen MR) is 145 cm³/mol. The molecule has 4 heterocycles. The predicted octanol–water partition coefficient (Wildman–Crippen LogP) is 3.90. The van der Waals surface area contributed by atoms with Crippen LogP contribution in [-0.2, 0) is 28.7 Å². The van der Waals surface area contributed by atoms with Gasteiger partial charge >= 0.3 is 12.2 Å². The van der Waals surface area contributed by atoms with E-state index in [1.807, 2.05) is 11.9 Å². The number of likely N-dealkylation sites (tertiary alicyclic amines) is 1. The van der Waals surface area contributed by atoms with Crippen molar-refractivity contribution in [1.82, 2.24) is 19.8 Å². The first-order valence-electron chi connectivity index (χ1n) is 13.7. The number of hydrogen-bond donors (Lipinski definition) is 0. The second kappa shape index (κ2) is 12.0. The number of hydrogen-bond acceptors (Lipinski definition) is 7. The van der Waals surface area contributed by atoms with Gasteiger partial charge in [-0.3, -0.25) is 4.79 Å². The van der Waals surface area contributed by atoms with E-state index < -0.39 is 17.8 Å². The number of halogens is 3. The van der Waals surface area contributed by atoms with E-state index >= 15 is 0 Å². The molecule has 1 amide bonds. The first-order valence-corrected chi connectivity index (χ1v) is 13.7. The monoisotopic (exact) mass is 570 g/mol. The number of aromatic nitrogens is 2. The van der Waals surface area contributed by atoms with Gasteiger partial charge in [0.25, 0.3) is 0 Å². The lowest BCUT2D eigenvalue weighted by Gasteiger charge is -2.40. The molecule has 1 aromatic carbocycles. The molecule has 0 unspecified atom stereocenters. The molecule has 0 spiro atoms. The summed E-state index contributed by atoms with van der Waals surface area (Å²) in [4.78, 5) is 31.2. The van der Waals surface area contributed by atoms with Crippen LogP contribution in [0.3, 0.4) is 0 Å². The van der Waals surface area contributed by atoms with Gasteiger partial charge in [-0.1, -0.05) is 24.8 Å². The molecule has 0 radical (unpaired) electrons. The minimum atomic E-state index is -4.51. The topological polar surface area (TPSA) is 75.4 Å². The van der Waals surface area contributed by atoms with Gasteiger partial charge in [-0.25, -0.2) is 6.57 Å². The molecule has 2 aromatic rings. The second-order valence-electron chi connectivity index (χ2n) is 10.6. The Bertz CT molecular complexity index is 1330. The zero-order chi connectivity index (χ0) is 29.1. The Kier molecular flexibility index (Phi) is 8.47. The minimum absolute atomic E-state index is 0.0203. The average molecular weight is 571 g/mol. The molecular weight excluding hydrogens is 537 g/mol. The van der Waals surface area contributed by atoms with Crippen LogP contribution < -0.4 is 9.64 Å².